The number of benzene rings is 1. The number of nitrogens with zero attached hydrogens (tertiary/aromatic N) is 1. The highest BCUT2D eigenvalue weighted by atomic mass is 16.6. The van der Waals surface area contributed by atoms with Crippen molar-refractivity contribution in [1.29, 1.82) is 0 Å². The molecule has 2 rings (SSSR count). The summed E-state index contributed by atoms with van der Waals surface area (Å²) < 4.78 is 11.1. The number of para-hydroxylation sites is 1. The quantitative estimate of drug-likeness (QED) is 0.501. The van der Waals surface area contributed by atoms with E-state index in [0.29, 0.717) is 12.2 Å². The maximum Gasteiger partial charge on any atom is 0.292 e. The van der Waals surface area contributed by atoms with Crippen molar-refractivity contribution in [2.45, 2.75) is 32.0 Å². The van der Waals surface area contributed by atoms with E-state index < -0.39 is 4.92 Å². The highest BCUT2D eigenvalue weighted by Crippen LogP contribution is 2.25. The van der Waals surface area contributed by atoms with Crippen LogP contribution in [0.4, 0.5) is 11.4 Å². The van der Waals surface area contributed by atoms with E-state index in [9.17, 15) is 10.1 Å². The van der Waals surface area contributed by atoms with Crippen LogP contribution in [0.3, 0.4) is 0 Å². The molecule has 6 heteroatoms. The van der Waals surface area contributed by atoms with Gasteiger partial charge in [0, 0.05) is 18.2 Å². The van der Waals surface area contributed by atoms with Gasteiger partial charge in [0.05, 0.1) is 24.2 Å². The Labute approximate surface area is 111 Å². The van der Waals surface area contributed by atoms with Gasteiger partial charge in [-0.2, -0.15) is 0 Å². The molecule has 0 spiro atoms. The minimum atomic E-state index is -0.483. The Balaban J connectivity index is 1.88. The number of hydrogen-bond donors (Lipinski definition) is 1. The summed E-state index contributed by atoms with van der Waals surface area (Å²) in [5, 5.41) is 10.8. The molecule has 1 fully saturated rings. The molecule has 0 bridgehead atoms. The predicted molar refractivity (Wildman–Crippen MR) is 70.8 cm³/mol. The number of nitrogen functional groups attached to an aromatic ring is 1. The minimum absolute atomic E-state index is 0.0741. The van der Waals surface area contributed by atoms with E-state index >= 15 is 0 Å². The first-order valence-corrected chi connectivity index (χ1v) is 6.39. The van der Waals surface area contributed by atoms with Crippen molar-refractivity contribution in [2.75, 3.05) is 18.9 Å². The zero-order valence-electron chi connectivity index (χ0n) is 10.7. The van der Waals surface area contributed by atoms with E-state index in [0.717, 1.165) is 25.9 Å². The van der Waals surface area contributed by atoms with E-state index in [-0.39, 0.29) is 24.1 Å². The second kappa shape index (κ2) is 6.49. The molecule has 1 unspecified atom stereocenters. The van der Waals surface area contributed by atoms with Gasteiger partial charge in [0.25, 0.3) is 5.69 Å². The molecule has 0 radical (unpaired) electrons. The third kappa shape index (κ3) is 3.65. The number of nitrogens with two attached hydrogens (primary N) is 1. The highest BCUT2D eigenvalue weighted by molar-refractivity contribution is 5.62. The van der Waals surface area contributed by atoms with Crippen molar-refractivity contribution in [1.82, 2.24) is 0 Å². The molecule has 0 aliphatic carbocycles. The summed E-state index contributed by atoms with van der Waals surface area (Å²) in [4.78, 5) is 10.3. The van der Waals surface area contributed by atoms with E-state index in [2.05, 4.69) is 0 Å². The van der Waals surface area contributed by atoms with Crippen LogP contribution in [0.15, 0.2) is 18.2 Å². The molecule has 0 aromatic heterocycles. The van der Waals surface area contributed by atoms with Crippen molar-refractivity contribution in [3.05, 3.63) is 33.9 Å². The standard InChI is InChI=1S/C13H18N2O4/c14-13-10(4-3-6-12(13)15(16)17)8-18-9-11-5-1-2-7-19-11/h3-4,6,11H,1-2,5,7-9,14H2. The maximum atomic E-state index is 10.8. The summed E-state index contributed by atoms with van der Waals surface area (Å²) in [7, 11) is 0. The Morgan fingerprint density at radius 2 is 2.32 bits per heavy atom. The Hall–Kier alpha value is -1.66. The molecular weight excluding hydrogens is 248 g/mol. The van der Waals surface area contributed by atoms with Crippen LogP contribution in [0.5, 0.6) is 0 Å². The van der Waals surface area contributed by atoms with Crippen molar-refractivity contribution in [2.24, 2.45) is 0 Å². The van der Waals surface area contributed by atoms with Crippen LogP contribution in [0, 0.1) is 10.1 Å². The predicted octanol–water partition coefficient (Wildman–Crippen LogP) is 2.26. The number of nitro benzene ring substituents is 1. The van der Waals surface area contributed by atoms with Gasteiger partial charge in [0.1, 0.15) is 5.69 Å². The van der Waals surface area contributed by atoms with E-state index in [1.54, 1.807) is 12.1 Å². The Kier molecular flexibility index (Phi) is 4.70. The Morgan fingerprint density at radius 3 is 3.00 bits per heavy atom. The number of nitro groups is 1. The first-order valence-electron chi connectivity index (χ1n) is 6.39. The zero-order valence-corrected chi connectivity index (χ0v) is 10.7. The fourth-order valence-electron chi connectivity index (χ4n) is 2.12. The summed E-state index contributed by atoms with van der Waals surface area (Å²) in [6, 6.07) is 4.75. The number of anilines is 1. The van der Waals surface area contributed by atoms with Crippen molar-refractivity contribution in [3.63, 3.8) is 0 Å². The van der Waals surface area contributed by atoms with Crippen LogP contribution < -0.4 is 5.73 Å². The summed E-state index contributed by atoms with van der Waals surface area (Å²) in [6.07, 6.45) is 3.40. The van der Waals surface area contributed by atoms with Crippen LogP contribution in [0.25, 0.3) is 0 Å². The zero-order chi connectivity index (χ0) is 13.7. The number of ether oxygens (including phenoxy) is 2. The second-order valence-electron chi connectivity index (χ2n) is 4.61. The van der Waals surface area contributed by atoms with Crippen LogP contribution in [-0.4, -0.2) is 24.2 Å². The van der Waals surface area contributed by atoms with Crippen molar-refractivity contribution >= 4 is 11.4 Å². The molecule has 1 aliphatic rings. The first-order chi connectivity index (χ1) is 9.18. The van der Waals surface area contributed by atoms with Gasteiger partial charge >= 0.3 is 0 Å². The molecule has 6 nitrogen and oxygen atoms in total. The molecule has 1 heterocycles. The number of rotatable bonds is 5. The summed E-state index contributed by atoms with van der Waals surface area (Å²) in [5.74, 6) is 0. The molecule has 19 heavy (non-hydrogen) atoms. The lowest BCUT2D eigenvalue weighted by Crippen LogP contribution is -2.24. The lowest BCUT2D eigenvalue weighted by Gasteiger charge is -2.22. The lowest BCUT2D eigenvalue weighted by molar-refractivity contribution is -0.384. The van der Waals surface area contributed by atoms with Gasteiger partial charge in [-0.25, -0.2) is 0 Å². The van der Waals surface area contributed by atoms with Gasteiger partial charge < -0.3 is 15.2 Å². The topological polar surface area (TPSA) is 87.6 Å². The molecule has 104 valence electrons. The first kappa shape index (κ1) is 13.8. The highest BCUT2D eigenvalue weighted by Gasteiger charge is 2.16. The van der Waals surface area contributed by atoms with Crippen molar-refractivity contribution < 1.29 is 14.4 Å². The molecule has 2 N–H and O–H groups in total. The van der Waals surface area contributed by atoms with Gasteiger partial charge in [-0.1, -0.05) is 12.1 Å². The van der Waals surface area contributed by atoms with Crippen LogP contribution in [0.2, 0.25) is 0 Å². The Morgan fingerprint density at radius 1 is 1.47 bits per heavy atom. The Bertz CT molecular complexity index is 444. The fourth-order valence-corrected chi connectivity index (χ4v) is 2.12. The molecule has 1 aromatic carbocycles. The minimum Gasteiger partial charge on any atom is -0.393 e. The normalized spacial score (nSPS) is 19.3. The second-order valence-corrected chi connectivity index (χ2v) is 4.61. The van der Waals surface area contributed by atoms with Crippen molar-refractivity contribution in [3.8, 4) is 0 Å². The molecule has 0 saturated carbocycles. The molecule has 1 aliphatic heterocycles. The summed E-state index contributed by atoms with van der Waals surface area (Å²) >= 11 is 0. The van der Waals surface area contributed by atoms with Crippen LogP contribution in [0.1, 0.15) is 24.8 Å². The fraction of sp³-hybridized carbons (Fsp3) is 0.538. The van der Waals surface area contributed by atoms with Gasteiger partial charge in [-0.3, -0.25) is 10.1 Å². The molecule has 1 atom stereocenters. The smallest absolute Gasteiger partial charge is 0.292 e. The molecule has 0 amide bonds. The largest absolute Gasteiger partial charge is 0.393 e. The lowest BCUT2D eigenvalue weighted by atomic mass is 10.1. The van der Waals surface area contributed by atoms with Gasteiger partial charge in [0.2, 0.25) is 0 Å². The molecule has 1 saturated heterocycles. The third-order valence-electron chi connectivity index (χ3n) is 3.21. The average molecular weight is 266 g/mol. The van der Waals surface area contributed by atoms with E-state index in [1.165, 1.54) is 6.07 Å². The number of hydrogen-bond acceptors (Lipinski definition) is 5. The monoisotopic (exact) mass is 266 g/mol. The SMILES string of the molecule is Nc1c(COCC2CCCCO2)cccc1[N+](=O)[O-]. The summed E-state index contributed by atoms with van der Waals surface area (Å²) in [6.45, 7) is 1.56. The van der Waals surface area contributed by atoms with E-state index in [4.69, 9.17) is 15.2 Å². The maximum absolute atomic E-state index is 10.8. The van der Waals surface area contributed by atoms with E-state index in [1.807, 2.05) is 0 Å². The van der Waals surface area contributed by atoms with Crippen LogP contribution >= 0.6 is 0 Å². The molecular formula is C13H18N2O4. The van der Waals surface area contributed by atoms with Gasteiger partial charge in [0.15, 0.2) is 0 Å². The third-order valence-corrected chi connectivity index (χ3v) is 3.21. The molecule has 1 aromatic rings. The average Bonchev–Trinajstić information content (AvgIpc) is 2.41. The van der Waals surface area contributed by atoms with Gasteiger partial charge in [-0.15, -0.1) is 0 Å². The summed E-state index contributed by atoms with van der Waals surface area (Å²) in [5.41, 5.74) is 6.50. The van der Waals surface area contributed by atoms with Crippen LogP contribution in [-0.2, 0) is 16.1 Å². The van der Waals surface area contributed by atoms with Gasteiger partial charge in [-0.05, 0) is 19.3 Å².